The molecule has 2 saturated heterocycles. The lowest BCUT2D eigenvalue weighted by Gasteiger charge is -2.49. The average molecular weight is 595 g/mol. The summed E-state index contributed by atoms with van der Waals surface area (Å²) < 4.78 is 54.4. The minimum atomic E-state index is -4.67. The van der Waals surface area contributed by atoms with Crippen molar-refractivity contribution in [3.05, 3.63) is 0 Å². The molecule has 0 aromatic rings. The van der Waals surface area contributed by atoms with Crippen LogP contribution in [-0.4, -0.2) is 153 Å². The Balaban J connectivity index is 0.000000976. The largest absolute Gasteiger partial charge is 0.394 e. The first-order valence-corrected chi connectivity index (χ1v) is 13.5. The van der Waals surface area contributed by atoms with Gasteiger partial charge in [0.25, 0.3) is 0 Å². The maximum absolute atomic E-state index is 11.1. The number of hydrogen-bond donors (Lipinski definition) is 12. The van der Waals surface area contributed by atoms with Crippen molar-refractivity contribution in [3.63, 3.8) is 0 Å². The van der Waals surface area contributed by atoms with Crippen molar-refractivity contribution in [1.29, 1.82) is 0 Å². The van der Waals surface area contributed by atoms with E-state index in [9.17, 15) is 30.6 Å². The predicted octanol–water partition coefficient (Wildman–Crippen LogP) is -6.27. The smallest absolute Gasteiger partial charge is 0.391 e. The third-order valence-electron chi connectivity index (χ3n) is 6.95. The maximum atomic E-state index is 11.1. The van der Waals surface area contributed by atoms with Gasteiger partial charge in [-0.15, -0.1) is 0 Å². The van der Waals surface area contributed by atoms with E-state index in [0.717, 1.165) is 0 Å². The minimum absolute atomic E-state index is 0.135. The second kappa shape index (κ2) is 13.5. The third-order valence-corrected chi connectivity index (χ3v) is 6.95. The van der Waals surface area contributed by atoms with Crippen molar-refractivity contribution in [2.75, 3.05) is 13.7 Å². The van der Waals surface area contributed by atoms with Gasteiger partial charge in [0.2, 0.25) is 0 Å². The van der Waals surface area contributed by atoms with Gasteiger partial charge in [-0.3, -0.25) is 9.11 Å². The van der Waals surface area contributed by atoms with E-state index in [0.29, 0.717) is 0 Å². The van der Waals surface area contributed by atoms with Crippen LogP contribution in [0, 0.1) is 0 Å². The quantitative estimate of drug-likeness (QED) is 0.127. The minimum Gasteiger partial charge on any atom is -0.391 e. The fourth-order valence-electron chi connectivity index (χ4n) is 4.95. The highest BCUT2D eigenvalue weighted by molar-refractivity contribution is 7.79. The second-order valence-electron chi connectivity index (χ2n) is 10.3. The number of nitrogens with two attached hydrogens (primary N) is 3. The summed E-state index contributed by atoms with van der Waals surface area (Å²) in [6.07, 6.45) is -12.4. The third kappa shape index (κ3) is 8.66. The molecule has 39 heavy (non-hydrogen) atoms. The standard InChI is InChI=1S/C20H40N4O10.H2O4S/c1-6(25)14-11(27)10(26)9(23)18(32-14)33-15-7(21)4-8(22)16(12(15)28)34-19-13(29)17(24-3)20(2,30)5-31-19;1-5(2,3)4/h6-19,24-30H,4-5,21-23H2,1-3H3;(H2,1,2,3,4)/t6?,7-,8+,9+,10+,11-,12-,13-,14+,15+,16-,17-,18+,19-,20+;/m0./s1. The first kappa shape index (κ1) is 34.5. The first-order valence-electron chi connectivity index (χ1n) is 12.1. The highest BCUT2D eigenvalue weighted by Crippen LogP contribution is 2.32. The Kier molecular flexibility index (Phi) is 12.0. The molecule has 232 valence electrons. The fraction of sp³-hybridized carbons (Fsp3) is 1.00. The molecule has 2 heterocycles. The molecule has 0 amide bonds. The van der Waals surface area contributed by atoms with Crippen molar-refractivity contribution in [2.24, 2.45) is 17.2 Å². The molecule has 3 rings (SSSR count). The molecule has 3 fully saturated rings. The van der Waals surface area contributed by atoms with Gasteiger partial charge in [0.1, 0.15) is 48.3 Å². The van der Waals surface area contributed by atoms with Crippen LogP contribution in [0.4, 0.5) is 0 Å². The molecule has 0 aromatic carbocycles. The Bertz CT molecular complexity index is 876. The highest BCUT2D eigenvalue weighted by atomic mass is 32.3. The van der Waals surface area contributed by atoms with E-state index in [2.05, 4.69) is 5.32 Å². The van der Waals surface area contributed by atoms with Crippen LogP contribution in [0.1, 0.15) is 20.3 Å². The molecule has 2 aliphatic heterocycles. The van der Waals surface area contributed by atoms with Gasteiger partial charge in [-0.05, 0) is 27.3 Å². The molecule has 0 aromatic heterocycles. The summed E-state index contributed by atoms with van der Waals surface area (Å²) in [5.74, 6) is 0. The van der Waals surface area contributed by atoms with Crippen molar-refractivity contribution < 1.29 is 67.1 Å². The molecule has 1 unspecified atom stereocenters. The Morgan fingerprint density at radius 2 is 1.44 bits per heavy atom. The Hall–Kier alpha value is -0.690. The number of ether oxygens (including phenoxy) is 4. The van der Waals surface area contributed by atoms with E-state index in [1.54, 1.807) is 7.05 Å². The lowest BCUT2D eigenvalue weighted by atomic mass is 9.84. The average Bonchev–Trinajstić information content (AvgIpc) is 2.79. The van der Waals surface area contributed by atoms with Crippen molar-refractivity contribution in [2.45, 2.75) is 111 Å². The van der Waals surface area contributed by atoms with Crippen LogP contribution in [0.3, 0.4) is 0 Å². The number of hydrogen-bond acceptors (Lipinski definition) is 16. The summed E-state index contributed by atoms with van der Waals surface area (Å²) in [6, 6.07) is -3.47. The van der Waals surface area contributed by atoms with Gasteiger partial charge in [-0.25, -0.2) is 0 Å². The summed E-state index contributed by atoms with van der Waals surface area (Å²) >= 11 is 0. The zero-order valence-corrected chi connectivity index (χ0v) is 22.5. The molecule has 1 saturated carbocycles. The van der Waals surface area contributed by atoms with Gasteiger partial charge in [0.05, 0.1) is 24.8 Å². The lowest BCUT2D eigenvalue weighted by Crippen LogP contribution is -2.69. The fourth-order valence-corrected chi connectivity index (χ4v) is 4.95. The Morgan fingerprint density at radius 1 is 0.949 bits per heavy atom. The lowest BCUT2D eigenvalue weighted by molar-refractivity contribution is -0.319. The Labute approximate surface area is 225 Å². The SMILES string of the molecule is CN[C@H]1[C@H](O)[C@H](O[C@@H]2[C@@H](O)[C@H](O[C@H]3O[C@H](C(C)O)[C@@H](O)[C@H](O)[C@H]3N)[C@@H](N)C[C@H]2N)OC[C@@]1(C)O.O=S(=O)(O)O. The van der Waals surface area contributed by atoms with Crippen molar-refractivity contribution >= 4 is 10.4 Å². The van der Waals surface area contributed by atoms with Gasteiger partial charge in [-0.2, -0.15) is 8.42 Å². The zero-order chi connectivity index (χ0) is 30.0. The van der Waals surface area contributed by atoms with E-state index in [1.807, 2.05) is 0 Å². The number of aliphatic hydroxyl groups excluding tert-OH is 5. The number of likely N-dealkylation sites (N-methyl/N-ethyl adjacent to an activating group) is 1. The summed E-state index contributed by atoms with van der Waals surface area (Å²) in [7, 11) is -3.09. The topological polar surface area (TPSA) is 323 Å². The van der Waals surface area contributed by atoms with E-state index < -0.39 is 102 Å². The molecule has 3 aliphatic rings. The predicted molar refractivity (Wildman–Crippen MR) is 130 cm³/mol. The monoisotopic (exact) mass is 594 g/mol. The molecule has 0 bridgehead atoms. The molecular formula is C20H42N4O14S. The second-order valence-corrected chi connectivity index (χ2v) is 11.2. The summed E-state index contributed by atoms with van der Waals surface area (Å²) in [4.78, 5) is 0. The van der Waals surface area contributed by atoms with E-state index in [1.165, 1.54) is 13.8 Å². The summed E-state index contributed by atoms with van der Waals surface area (Å²) in [6.45, 7) is 2.75. The van der Waals surface area contributed by atoms with Gasteiger partial charge in [0, 0.05) is 12.1 Å². The number of aliphatic hydroxyl groups is 6. The zero-order valence-electron chi connectivity index (χ0n) is 21.7. The van der Waals surface area contributed by atoms with Crippen molar-refractivity contribution in [3.8, 4) is 0 Å². The van der Waals surface area contributed by atoms with Crippen LogP contribution >= 0.6 is 0 Å². The number of nitrogens with one attached hydrogen (secondary N) is 1. The highest BCUT2D eigenvalue weighted by Gasteiger charge is 2.52. The van der Waals surface area contributed by atoms with Gasteiger partial charge >= 0.3 is 10.4 Å². The Morgan fingerprint density at radius 3 is 1.90 bits per heavy atom. The first-order chi connectivity index (χ1) is 17.8. The molecule has 15 N–H and O–H groups in total. The van der Waals surface area contributed by atoms with Crippen LogP contribution < -0.4 is 22.5 Å². The molecule has 0 spiro atoms. The van der Waals surface area contributed by atoms with Crippen molar-refractivity contribution in [1.82, 2.24) is 5.32 Å². The molecule has 0 radical (unpaired) electrons. The van der Waals surface area contributed by atoms with Crippen LogP contribution in [0.15, 0.2) is 0 Å². The van der Waals surface area contributed by atoms with Gasteiger partial charge < -0.3 is 72.1 Å². The summed E-state index contributed by atoms with van der Waals surface area (Å²) in [5.41, 5.74) is 17.0. The van der Waals surface area contributed by atoms with Crippen LogP contribution in [-0.2, 0) is 29.3 Å². The normalized spacial score (nSPS) is 48.1. The van der Waals surface area contributed by atoms with Gasteiger partial charge in [0.15, 0.2) is 12.6 Å². The maximum Gasteiger partial charge on any atom is 0.394 e. The van der Waals surface area contributed by atoms with Gasteiger partial charge in [-0.1, -0.05) is 0 Å². The molecule has 15 atom stereocenters. The molecule has 19 heteroatoms. The van der Waals surface area contributed by atoms with E-state index in [4.69, 9.17) is 53.7 Å². The number of rotatable bonds is 6. The molecule has 1 aliphatic carbocycles. The van der Waals surface area contributed by atoms with Crippen LogP contribution in [0.25, 0.3) is 0 Å². The van der Waals surface area contributed by atoms with Crippen LogP contribution in [0.2, 0.25) is 0 Å². The van der Waals surface area contributed by atoms with Crippen LogP contribution in [0.5, 0.6) is 0 Å². The summed E-state index contributed by atoms with van der Waals surface area (Å²) in [5, 5.41) is 65.2. The van der Waals surface area contributed by atoms with E-state index >= 15 is 0 Å². The molecule has 18 nitrogen and oxygen atoms in total. The van der Waals surface area contributed by atoms with E-state index in [-0.39, 0.29) is 13.0 Å². The molecular weight excluding hydrogens is 552 g/mol.